The number of likely N-dealkylation sites (N-methyl/N-ethyl adjacent to an activating group) is 1. The van der Waals surface area contributed by atoms with Gasteiger partial charge in [-0.2, -0.15) is 0 Å². The molecule has 0 aliphatic heterocycles. The summed E-state index contributed by atoms with van der Waals surface area (Å²) in [5.74, 6) is -0.366. The summed E-state index contributed by atoms with van der Waals surface area (Å²) in [5, 5.41) is 2.71. The lowest BCUT2D eigenvalue weighted by Gasteiger charge is -2.37. The van der Waals surface area contributed by atoms with E-state index in [2.05, 4.69) is 5.32 Å². The van der Waals surface area contributed by atoms with Crippen molar-refractivity contribution in [3.05, 3.63) is 30.1 Å². The molecule has 19 heavy (non-hydrogen) atoms. The minimum atomic E-state index is -0.366. The van der Waals surface area contributed by atoms with Crippen LogP contribution in [0.1, 0.15) is 25.7 Å². The predicted molar refractivity (Wildman–Crippen MR) is 73.4 cm³/mol. The van der Waals surface area contributed by atoms with E-state index in [-0.39, 0.29) is 17.4 Å². The molecule has 0 saturated heterocycles. The number of carbonyl (C=O) groups is 1. The number of urea groups is 1. The molecule has 0 bridgehead atoms. The van der Waals surface area contributed by atoms with Gasteiger partial charge in [-0.3, -0.25) is 0 Å². The number of nitrogens with one attached hydrogen (secondary N) is 1. The lowest BCUT2D eigenvalue weighted by Crippen LogP contribution is -2.53. The van der Waals surface area contributed by atoms with Crippen LogP contribution in [0.5, 0.6) is 0 Å². The van der Waals surface area contributed by atoms with E-state index in [0.29, 0.717) is 12.2 Å². The first kappa shape index (κ1) is 13.8. The first-order valence-electron chi connectivity index (χ1n) is 6.58. The van der Waals surface area contributed by atoms with Gasteiger partial charge in [-0.05, 0) is 31.0 Å². The van der Waals surface area contributed by atoms with Gasteiger partial charge in [-0.15, -0.1) is 0 Å². The number of halogens is 1. The first-order chi connectivity index (χ1) is 9.07. The maximum Gasteiger partial charge on any atom is 0.322 e. The standard InChI is InChI=1S/C14H20FN3O/c1-18(14(10-16)7-2-3-8-14)13(19)17-12-6-4-5-11(15)9-12/h4-6,9H,2-3,7-8,10,16H2,1H3,(H,17,19). The van der Waals surface area contributed by atoms with Crippen LogP contribution in [0.3, 0.4) is 0 Å². The van der Waals surface area contributed by atoms with E-state index < -0.39 is 0 Å². The number of hydrogen-bond acceptors (Lipinski definition) is 2. The zero-order chi connectivity index (χ0) is 13.9. The molecule has 1 saturated carbocycles. The second kappa shape index (κ2) is 5.57. The molecule has 1 aromatic rings. The molecule has 2 amide bonds. The van der Waals surface area contributed by atoms with Crippen LogP contribution in [-0.4, -0.2) is 30.1 Å². The van der Waals surface area contributed by atoms with Gasteiger partial charge >= 0.3 is 6.03 Å². The van der Waals surface area contributed by atoms with Crippen molar-refractivity contribution in [1.29, 1.82) is 0 Å². The molecule has 0 aromatic heterocycles. The minimum Gasteiger partial charge on any atom is -0.328 e. The number of benzene rings is 1. The van der Waals surface area contributed by atoms with E-state index in [1.54, 1.807) is 24.1 Å². The molecule has 1 aliphatic rings. The van der Waals surface area contributed by atoms with Crippen molar-refractivity contribution in [2.24, 2.45) is 5.73 Å². The summed E-state index contributed by atoms with van der Waals surface area (Å²) in [5.41, 5.74) is 6.05. The maximum atomic E-state index is 13.1. The number of hydrogen-bond donors (Lipinski definition) is 2. The smallest absolute Gasteiger partial charge is 0.322 e. The van der Waals surface area contributed by atoms with E-state index in [0.717, 1.165) is 25.7 Å². The Balaban J connectivity index is 2.07. The number of nitrogens with two attached hydrogens (primary N) is 1. The molecule has 1 aromatic carbocycles. The topological polar surface area (TPSA) is 58.4 Å². The summed E-state index contributed by atoms with van der Waals surface area (Å²) in [7, 11) is 1.76. The van der Waals surface area contributed by atoms with E-state index in [9.17, 15) is 9.18 Å². The summed E-state index contributed by atoms with van der Waals surface area (Å²) in [6.07, 6.45) is 4.04. The van der Waals surface area contributed by atoms with Crippen molar-refractivity contribution in [1.82, 2.24) is 4.90 Å². The highest BCUT2D eigenvalue weighted by atomic mass is 19.1. The van der Waals surface area contributed by atoms with Gasteiger partial charge in [0.05, 0.1) is 5.54 Å². The van der Waals surface area contributed by atoms with Crippen LogP contribution in [0, 0.1) is 5.82 Å². The zero-order valence-electron chi connectivity index (χ0n) is 11.2. The van der Waals surface area contributed by atoms with E-state index in [1.165, 1.54) is 12.1 Å². The average Bonchev–Trinajstić information content (AvgIpc) is 2.87. The summed E-state index contributed by atoms with van der Waals surface area (Å²) in [6, 6.07) is 5.64. The lowest BCUT2D eigenvalue weighted by molar-refractivity contribution is 0.152. The van der Waals surface area contributed by atoms with Crippen LogP contribution in [-0.2, 0) is 0 Å². The predicted octanol–water partition coefficient (Wildman–Crippen LogP) is 2.56. The number of rotatable bonds is 3. The summed E-state index contributed by atoms with van der Waals surface area (Å²) in [4.78, 5) is 13.9. The van der Waals surface area contributed by atoms with Gasteiger partial charge in [0.25, 0.3) is 0 Å². The van der Waals surface area contributed by atoms with Crippen LogP contribution in [0.2, 0.25) is 0 Å². The van der Waals surface area contributed by atoms with Crippen molar-refractivity contribution in [3.63, 3.8) is 0 Å². The van der Waals surface area contributed by atoms with E-state index >= 15 is 0 Å². The van der Waals surface area contributed by atoms with Gasteiger partial charge < -0.3 is 16.0 Å². The van der Waals surface area contributed by atoms with Crippen molar-refractivity contribution in [3.8, 4) is 0 Å². The van der Waals surface area contributed by atoms with Crippen LogP contribution >= 0.6 is 0 Å². The Morgan fingerprint density at radius 1 is 1.47 bits per heavy atom. The number of carbonyl (C=O) groups excluding carboxylic acids is 1. The second-order valence-corrected chi connectivity index (χ2v) is 5.14. The molecule has 1 aliphatic carbocycles. The molecule has 2 rings (SSSR count). The molecular formula is C14H20FN3O. The Labute approximate surface area is 112 Å². The third kappa shape index (κ3) is 2.87. The maximum absolute atomic E-state index is 13.1. The fourth-order valence-corrected chi connectivity index (χ4v) is 2.70. The van der Waals surface area contributed by atoms with Gasteiger partial charge in [0.15, 0.2) is 0 Å². The van der Waals surface area contributed by atoms with Crippen molar-refractivity contribution in [2.75, 3.05) is 18.9 Å². The first-order valence-corrected chi connectivity index (χ1v) is 6.58. The van der Waals surface area contributed by atoms with Crippen molar-refractivity contribution < 1.29 is 9.18 Å². The van der Waals surface area contributed by atoms with Crippen LogP contribution in [0.15, 0.2) is 24.3 Å². The summed E-state index contributed by atoms with van der Waals surface area (Å²) >= 11 is 0. The van der Waals surface area contributed by atoms with Gasteiger partial charge in [0.2, 0.25) is 0 Å². The van der Waals surface area contributed by atoms with E-state index in [4.69, 9.17) is 5.73 Å². The normalized spacial score (nSPS) is 17.2. The number of anilines is 1. The molecule has 0 unspecified atom stereocenters. The fraction of sp³-hybridized carbons (Fsp3) is 0.500. The summed E-state index contributed by atoms with van der Waals surface area (Å²) < 4.78 is 13.1. The largest absolute Gasteiger partial charge is 0.328 e. The highest BCUT2D eigenvalue weighted by Gasteiger charge is 2.38. The van der Waals surface area contributed by atoms with Crippen molar-refractivity contribution in [2.45, 2.75) is 31.2 Å². The third-order valence-electron chi connectivity index (χ3n) is 4.01. The third-order valence-corrected chi connectivity index (χ3v) is 4.01. The minimum absolute atomic E-state index is 0.238. The Morgan fingerprint density at radius 2 is 2.16 bits per heavy atom. The Hall–Kier alpha value is -1.62. The van der Waals surface area contributed by atoms with Crippen molar-refractivity contribution >= 4 is 11.7 Å². The lowest BCUT2D eigenvalue weighted by atomic mass is 9.96. The van der Waals surface area contributed by atoms with E-state index in [1.807, 2.05) is 0 Å². The van der Waals surface area contributed by atoms with Crippen LogP contribution in [0.25, 0.3) is 0 Å². The van der Waals surface area contributed by atoms with Gasteiger partial charge in [0.1, 0.15) is 5.82 Å². The number of amides is 2. The molecule has 5 heteroatoms. The molecule has 0 radical (unpaired) electrons. The Kier molecular flexibility index (Phi) is 4.04. The molecule has 0 atom stereocenters. The molecular weight excluding hydrogens is 245 g/mol. The van der Waals surface area contributed by atoms with Crippen LogP contribution < -0.4 is 11.1 Å². The monoisotopic (exact) mass is 265 g/mol. The van der Waals surface area contributed by atoms with Gasteiger partial charge in [-0.1, -0.05) is 18.9 Å². The van der Waals surface area contributed by atoms with Crippen LogP contribution in [0.4, 0.5) is 14.9 Å². The quantitative estimate of drug-likeness (QED) is 0.882. The van der Waals surface area contributed by atoms with Gasteiger partial charge in [0, 0.05) is 19.3 Å². The summed E-state index contributed by atoms with van der Waals surface area (Å²) in [6.45, 7) is 0.458. The highest BCUT2D eigenvalue weighted by molar-refractivity contribution is 5.89. The van der Waals surface area contributed by atoms with Gasteiger partial charge in [-0.25, -0.2) is 9.18 Å². The Morgan fingerprint density at radius 3 is 2.74 bits per heavy atom. The fourth-order valence-electron chi connectivity index (χ4n) is 2.70. The zero-order valence-corrected chi connectivity index (χ0v) is 11.2. The number of nitrogens with zero attached hydrogens (tertiary/aromatic N) is 1. The molecule has 1 fully saturated rings. The Bertz CT molecular complexity index is 458. The molecule has 4 nitrogen and oxygen atoms in total. The molecule has 104 valence electrons. The molecule has 0 spiro atoms. The molecule has 0 heterocycles. The second-order valence-electron chi connectivity index (χ2n) is 5.14. The average molecular weight is 265 g/mol. The highest BCUT2D eigenvalue weighted by Crippen LogP contribution is 2.33. The SMILES string of the molecule is CN(C(=O)Nc1cccc(F)c1)C1(CN)CCCC1. The molecule has 3 N–H and O–H groups in total.